The Hall–Kier alpha value is -0.870. The summed E-state index contributed by atoms with van der Waals surface area (Å²) in [6, 6.07) is 2.72. The van der Waals surface area contributed by atoms with Crippen LogP contribution in [-0.4, -0.2) is 26.5 Å². The Morgan fingerprint density at radius 3 is 2.83 bits per heavy atom. The molecular formula is C14H25N3O. The van der Waals surface area contributed by atoms with Gasteiger partial charge in [-0.15, -0.1) is 0 Å². The van der Waals surface area contributed by atoms with Crippen molar-refractivity contribution in [3.05, 3.63) is 18.0 Å². The summed E-state index contributed by atoms with van der Waals surface area (Å²) >= 11 is 0. The quantitative estimate of drug-likeness (QED) is 0.860. The first-order chi connectivity index (χ1) is 8.52. The summed E-state index contributed by atoms with van der Waals surface area (Å²) in [7, 11) is 0. The van der Waals surface area contributed by atoms with Gasteiger partial charge in [-0.3, -0.25) is 4.68 Å². The molecule has 0 aromatic carbocycles. The molecule has 4 nitrogen and oxygen atoms in total. The Kier molecular flexibility index (Phi) is 4.07. The van der Waals surface area contributed by atoms with E-state index < -0.39 is 5.60 Å². The maximum absolute atomic E-state index is 10.5. The molecule has 2 rings (SSSR count). The van der Waals surface area contributed by atoms with Gasteiger partial charge in [0.05, 0.1) is 11.3 Å². The van der Waals surface area contributed by atoms with Gasteiger partial charge >= 0.3 is 0 Å². The zero-order chi connectivity index (χ0) is 13.2. The molecule has 1 aromatic rings. The number of aromatic nitrogens is 2. The normalized spacial score (nSPS) is 30.3. The molecule has 102 valence electrons. The summed E-state index contributed by atoms with van der Waals surface area (Å²) < 4.78 is 1.99. The van der Waals surface area contributed by atoms with Crippen molar-refractivity contribution in [1.29, 1.82) is 0 Å². The molecule has 1 fully saturated rings. The lowest BCUT2D eigenvalue weighted by atomic mass is 9.80. The van der Waals surface area contributed by atoms with Crippen LogP contribution in [0.1, 0.15) is 57.7 Å². The highest BCUT2D eigenvalue weighted by Gasteiger charge is 2.32. The molecule has 1 aliphatic carbocycles. The van der Waals surface area contributed by atoms with Crippen LogP contribution in [0.25, 0.3) is 0 Å². The van der Waals surface area contributed by atoms with Gasteiger partial charge in [0.15, 0.2) is 0 Å². The van der Waals surface area contributed by atoms with Crippen molar-refractivity contribution in [2.24, 2.45) is 5.73 Å². The van der Waals surface area contributed by atoms with Crippen LogP contribution < -0.4 is 5.73 Å². The van der Waals surface area contributed by atoms with Crippen LogP contribution in [-0.2, 0) is 6.42 Å². The zero-order valence-corrected chi connectivity index (χ0v) is 11.5. The van der Waals surface area contributed by atoms with Gasteiger partial charge in [0.25, 0.3) is 0 Å². The van der Waals surface area contributed by atoms with Crippen LogP contribution >= 0.6 is 0 Å². The molecule has 0 bridgehead atoms. The molecule has 0 aliphatic heterocycles. The van der Waals surface area contributed by atoms with Gasteiger partial charge in [-0.05, 0) is 45.1 Å². The van der Waals surface area contributed by atoms with Crippen molar-refractivity contribution in [3.8, 4) is 0 Å². The first-order valence-corrected chi connectivity index (χ1v) is 7.04. The van der Waals surface area contributed by atoms with E-state index in [9.17, 15) is 5.11 Å². The maximum atomic E-state index is 10.5. The fourth-order valence-corrected chi connectivity index (χ4v) is 2.60. The van der Waals surface area contributed by atoms with Gasteiger partial charge < -0.3 is 10.8 Å². The molecule has 1 atom stereocenters. The van der Waals surface area contributed by atoms with E-state index in [1.54, 1.807) is 0 Å². The van der Waals surface area contributed by atoms with Crippen LogP contribution in [0.4, 0.5) is 0 Å². The molecule has 0 amide bonds. The lowest BCUT2D eigenvalue weighted by Gasteiger charge is -2.34. The molecule has 0 spiro atoms. The number of rotatable bonds is 4. The van der Waals surface area contributed by atoms with Gasteiger partial charge in [0, 0.05) is 24.7 Å². The average Bonchev–Trinajstić information content (AvgIpc) is 2.80. The lowest BCUT2D eigenvalue weighted by molar-refractivity contribution is -0.000730. The van der Waals surface area contributed by atoms with E-state index in [2.05, 4.69) is 18.9 Å². The van der Waals surface area contributed by atoms with E-state index in [1.807, 2.05) is 16.9 Å². The molecule has 1 aromatic heterocycles. The third kappa shape index (κ3) is 3.12. The second-order valence-electron chi connectivity index (χ2n) is 5.78. The summed E-state index contributed by atoms with van der Waals surface area (Å²) in [6.07, 6.45) is 7.17. The standard InChI is InChI=1S/C14H25N3O/c1-3-11(2)17-9-6-13(16-17)10-14(18)7-4-12(15)5-8-14/h6,9,11-12,18H,3-5,7-8,10,15H2,1-2H3. The van der Waals surface area contributed by atoms with Crippen LogP contribution in [0.15, 0.2) is 12.3 Å². The SMILES string of the molecule is CCC(C)n1ccc(CC2(O)CCC(N)CC2)n1. The van der Waals surface area contributed by atoms with Crippen LogP contribution in [0.2, 0.25) is 0 Å². The van der Waals surface area contributed by atoms with Crippen molar-refractivity contribution in [3.63, 3.8) is 0 Å². The van der Waals surface area contributed by atoms with Crippen molar-refractivity contribution in [1.82, 2.24) is 9.78 Å². The van der Waals surface area contributed by atoms with Crippen LogP contribution in [0.3, 0.4) is 0 Å². The van der Waals surface area contributed by atoms with Gasteiger partial charge in [-0.2, -0.15) is 5.10 Å². The second kappa shape index (κ2) is 5.41. The minimum absolute atomic E-state index is 0.267. The number of aliphatic hydroxyl groups is 1. The van der Waals surface area contributed by atoms with E-state index in [4.69, 9.17) is 5.73 Å². The lowest BCUT2D eigenvalue weighted by Crippen LogP contribution is -2.40. The smallest absolute Gasteiger partial charge is 0.0704 e. The molecule has 0 radical (unpaired) electrons. The molecule has 1 heterocycles. The molecule has 1 unspecified atom stereocenters. The van der Waals surface area contributed by atoms with Crippen LogP contribution in [0, 0.1) is 0 Å². The highest BCUT2D eigenvalue weighted by molar-refractivity contribution is 5.05. The topological polar surface area (TPSA) is 64.1 Å². The summed E-state index contributed by atoms with van der Waals surface area (Å²) in [4.78, 5) is 0. The Morgan fingerprint density at radius 1 is 1.56 bits per heavy atom. The Labute approximate surface area is 109 Å². The third-order valence-corrected chi connectivity index (χ3v) is 4.18. The minimum Gasteiger partial charge on any atom is -0.389 e. The monoisotopic (exact) mass is 251 g/mol. The molecule has 1 saturated carbocycles. The van der Waals surface area contributed by atoms with Gasteiger partial charge in [-0.25, -0.2) is 0 Å². The molecule has 3 N–H and O–H groups in total. The Bertz CT molecular complexity index is 380. The average molecular weight is 251 g/mol. The summed E-state index contributed by atoms with van der Waals surface area (Å²) in [6.45, 7) is 4.31. The number of hydrogen-bond acceptors (Lipinski definition) is 3. The predicted octanol–water partition coefficient (Wildman–Crippen LogP) is 2.03. The summed E-state index contributed by atoms with van der Waals surface area (Å²) in [5.41, 5.74) is 6.28. The van der Waals surface area contributed by atoms with Crippen molar-refractivity contribution >= 4 is 0 Å². The maximum Gasteiger partial charge on any atom is 0.0704 e. The number of hydrogen-bond donors (Lipinski definition) is 2. The first-order valence-electron chi connectivity index (χ1n) is 7.04. The molecule has 4 heteroatoms. The Balaban J connectivity index is 1.98. The second-order valence-corrected chi connectivity index (χ2v) is 5.78. The number of nitrogens with zero attached hydrogens (tertiary/aromatic N) is 2. The van der Waals surface area contributed by atoms with E-state index >= 15 is 0 Å². The van der Waals surface area contributed by atoms with E-state index in [1.165, 1.54) is 0 Å². The fraction of sp³-hybridized carbons (Fsp3) is 0.786. The first kappa shape index (κ1) is 13.6. The minimum atomic E-state index is -0.593. The van der Waals surface area contributed by atoms with Gasteiger partial charge in [0.1, 0.15) is 0 Å². The largest absolute Gasteiger partial charge is 0.389 e. The molecule has 1 aliphatic rings. The van der Waals surface area contributed by atoms with E-state index in [-0.39, 0.29) is 6.04 Å². The molecule has 0 saturated heterocycles. The fourth-order valence-electron chi connectivity index (χ4n) is 2.60. The van der Waals surface area contributed by atoms with Crippen molar-refractivity contribution < 1.29 is 5.11 Å². The van der Waals surface area contributed by atoms with Gasteiger partial charge in [-0.1, -0.05) is 6.92 Å². The third-order valence-electron chi connectivity index (χ3n) is 4.18. The summed E-state index contributed by atoms with van der Waals surface area (Å²) in [5, 5.41) is 15.1. The summed E-state index contributed by atoms with van der Waals surface area (Å²) in [5.74, 6) is 0. The number of nitrogens with two attached hydrogens (primary N) is 1. The van der Waals surface area contributed by atoms with E-state index in [0.717, 1.165) is 37.8 Å². The highest BCUT2D eigenvalue weighted by Crippen LogP contribution is 2.30. The van der Waals surface area contributed by atoms with Crippen molar-refractivity contribution in [2.45, 2.75) is 70.1 Å². The molecular weight excluding hydrogens is 226 g/mol. The highest BCUT2D eigenvalue weighted by atomic mass is 16.3. The molecule has 18 heavy (non-hydrogen) atoms. The Morgan fingerprint density at radius 2 is 2.22 bits per heavy atom. The van der Waals surface area contributed by atoms with Crippen molar-refractivity contribution in [2.75, 3.05) is 0 Å². The van der Waals surface area contributed by atoms with Gasteiger partial charge in [0.2, 0.25) is 0 Å². The zero-order valence-electron chi connectivity index (χ0n) is 11.5. The predicted molar refractivity (Wildman–Crippen MR) is 72.3 cm³/mol. The van der Waals surface area contributed by atoms with E-state index in [0.29, 0.717) is 12.5 Å². The van der Waals surface area contributed by atoms with Crippen LogP contribution in [0.5, 0.6) is 0 Å².